The van der Waals surface area contributed by atoms with Crippen LogP contribution in [0.4, 0.5) is 28.4 Å². The molecule has 5 aromatic carbocycles. The number of carbonyl (C=O) groups excluding carboxylic acids is 1. The summed E-state index contributed by atoms with van der Waals surface area (Å²) in [7, 11) is 6.60. The van der Waals surface area contributed by atoms with Gasteiger partial charge in [-0.05, 0) is 126 Å². The smallest absolute Gasteiger partial charge is 0.306 e. The van der Waals surface area contributed by atoms with E-state index in [1.54, 1.807) is 28.4 Å². The van der Waals surface area contributed by atoms with Crippen LogP contribution >= 0.6 is 0 Å². The molecule has 0 fully saturated rings. The van der Waals surface area contributed by atoms with Crippen LogP contribution in [0.2, 0.25) is 0 Å². The Balaban J connectivity index is 1.30. The molecule has 0 spiro atoms. The average molecular weight is 711 g/mol. The van der Waals surface area contributed by atoms with Crippen molar-refractivity contribution in [3.8, 4) is 28.4 Å². The van der Waals surface area contributed by atoms with Gasteiger partial charge in [0.15, 0.2) is 6.10 Å². The van der Waals surface area contributed by atoms with Gasteiger partial charge in [-0.2, -0.15) is 0 Å². The lowest BCUT2D eigenvalue weighted by Gasteiger charge is -2.32. The van der Waals surface area contributed by atoms with E-state index in [2.05, 4.69) is 82.6 Å². The fraction of sp³-hybridized carbons (Fsp3) is 0.222. The van der Waals surface area contributed by atoms with E-state index in [0.29, 0.717) is 18.6 Å². The second kappa shape index (κ2) is 16.9. The average Bonchev–Trinajstić information content (AvgIpc) is 3.19. The van der Waals surface area contributed by atoms with Gasteiger partial charge in [-0.15, -0.1) is 0 Å². The predicted molar refractivity (Wildman–Crippen MR) is 212 cm³/mol. The van der Waals surface area contributed by atoms with E-state index in [9.17, 15) is 4.79 Å². The number of nitrogens with zero attached hydrogens (tertiary/aromatic N) is 2. The zero-order valence-corrected chi connectivity index (χ0v) is 31.1. The second-order valence-corrected chi connectivity index (χ2v) is 13.1. The maximum Gasteiger partial charge on any atom is 0.306 e. The molecule has 1 aliphatic rings. The van der Waals surface area contributed by atoms with Gasteiger partial charge in [0.1, 0.15) is 23.0 Å². The summed E-state index contributed by atoms with van der Waals surface area (Å²) in [6.07, 6.45) is 4.19. The maximum atomic E-state index is 12.7. The number of hydrogen-bond donors (Lipinski definition) is 0. The summed E-state index contributed by atoms with van der Waals surface area (Å²) in [6, 6.07) is 41.0. The molecular formula is C45H46N2O6. The van der Waals surface area contributed by atoms with Gasteiger partial charge in [-0.1, -0.05) is 38.1 Å². The Morgan fingerprint density at radius 2 is 0.925 bits per heavy atom. The highest BCUT2D eigenvalue weighted by molar-refractivity contribution is 5.80. The van der Waals surface area contributed by atoms with Crippen LogP contribution in [0.15, 0.2) is 145 Å². The summed E-state index contributed by atoms with van der Waals surface area (Å²) in [4.78, 5) is 17.1. The van der Waals surface area contributed by atoms with Crippen molar-refractivity contribution >= 4 is 34.4 Å². The topological polar surface area (TPSA) is 69.7 Å². The van der Waals surface area contributed by atoms with Gasteiger partial charge in [0.25, 0.3) is 0 Å². The highest BCUT2D eigenvalue weighted by atomic mass is 16.6. The van der Waals surface area contributed by atoms with E-state index in [4.69, 9.17) is 23.7 Å². The third kappa shape index (κ3) is 8.67. The van der Waals surface area contributed by atoms with E-state index in [1.807, 2.05) is 74.5 Å². The van der Waals surface area contributed by atoms with Crippen LogP contribution in [0.25, 0.3) is 11.1 Å². The van der Waals surface area contributed by atoms with E-state index < -0.39 is 6.10 Å². The zero-order chi connectivity index (χ0) is 37.3. The first-order chi connectivity index (χ1) is 25.8. The van der Waals surface area contributed by atoms with Crippen LogP contribution in [-0.4, -0.2) is 40.5 Å². The summed E-state index contributed by atoms with van der Waals surface area (Å²) < 4.78 is 27.8. The van der Waals surface area contributed by atoms with Gasteiger partial charge < -0.3 is 33.5 Å². The Morgan fingerprint density at radius 3 is 1.28 bits per heavy atom. The molecule has 0 saturated carbocycles. The number of anilines is 5. The van der Waals surface area contributed by atoms with E-state index in [0.717, 1.165) is 62.5 Å². The Labute approximate surface area is 312 Å². The van der Waals surface area contributed by atoms with Crippen molar-refractivity contribution in [2.24, 2.45) is 5.92 Å². The molecular weight excluding hydrogens is 665 g/mol. The van der Waals surface area contributed by atoms with Crippen LogP contribution in [0.1, 0.15) is 26.7 Å². The molecule has 0 aromatic heterocycles. The molecule has 0 aliphatic heterocycles. The van der Waals surface area contributed by atoms with E-state index in [1.165, 1.54) is 0 Å². The van der Waals surface area contributed by atoms with Gasteiger partial charge in [-0.25, -0.2) is 0 Å². The first-order valence-corrected chi connectivity index (χ1v) is 17.7. The molecule has 0 heterocycles. The van der Waals surface area contributed by atoms with Crippen molar-refractivity contribution in [3.05, 3.63) is 145 Å². The van der Waals surface area contributed by atoms with Crippen molar-refractivity contribution in [3.63, 3.8) is 0 Å². The third-order valence-electron chi connectivity index (χ3n) is 9.10. The minimum Gasteiger partial charge on any atom is -0.497 e. The monoisotopic (exact) mass is 710 g/mol. The summed E-state index contributed by atoms with van der Waals surface area (Å²) in [6.45, 7) is 4.01. The van der Waals surface area contributed by atoms with Crippen molar-refractivity contribution in [1.29, 1.82) is 0 Å². The lowest BCUT2D eigenvalue weighted by molar-refractivity contribution is -0.149. The van der Waals surface area contributed by atoms with Crippen LogP contribution in [0.5, 0.6) is 17.2 Å². The minimum absolute atomic E-state index is 0.197. The van der Waals surface area contributed by atoms with E-state index in [-0.39, 0.29) is 11.9 Å². The molecule has 1 aliphatic carbocycles. The molecule has 1 atom stereocenters. The number of esters is 1. The van der Waals surface area contributed by atoms with Gasteiger partial charge in [0.05, 0.1) is 28.4 Å². The van der Waals surface area contributed by atoms with Crippen molar-refractivity contribution in [1.82, 2.24) is 0 Å². The fourth-order valence-corrected chi connectivity index (χ4v) is 6.38. The van der Waals surface area contributed by atoms with E-state index >= 15 is 0 Å². The normalized spacial score (nSPS) is 13.8. The Hall–Kier alpha value is -6.15. The minimum atomic E-state index is -0.528. The van der Waals surface area contributed by atoms with Gasteiger partial charge in [-0.3, -0.25) is 4.79 Å². The first kappa shape index (κ1) is 36.6. The molecule has 272 valence electrons. The Bertz CT molecular complexity index is 1970. The molecule has 6 rings (SSSR count). The van der Waals surface area contributed by atoms with Gasteiger partial charge in [0, 0.05) is 47.0 Å². The molecule has 8 nitrogen and oxygen atoms in total. The lowest BCUT2D eigenvalue weighted by atomic mass is 10.0. The number of ether oxygens (including phenoxy) is 5. The zero-order valence-electron chi connectivity index (χ0n) is 31.1. The summed E-state index contributed by atoms with van der Waals surface area (Å²) >= 11 is 0. The molecule has 0 radical (unpaired) electrons. The van der Waals surface area contributed by atoms with Gasteiger partial charge in [0.2, 0.25) is 0 Å². The molecule has 1 unspecified atom stereocenters. The standard InChI is InChI=1S/C45H46N2O6/c1-31(2)29-45(48)53-44-30-39(21-28-43(44)52-6)47(38-19-26-42(51-5)27-20-38)35-13-9-33(10-14-35)32-7-11-34(12-8-32)46(36-15-22-40(49-3)23-16-36)37-17-24-41(50-4)25-18-37/h7-28,31,44H,29-30H2,1-6H3. The highest BCUT2D eigenvalue weighted by Gasteiger charge is 2.28. The highest BCUT2D eigenvalue weighted by Crippen LogP contribution is 2.39. The second-order valence-electron chi connectivity index (χ2n) is 13.1. The molecule has 8 heteroatoms. The first-order valence-electron chi connectivity index (χ1n) is 17.7. The maximum absolute atomic E-state index is 12.7. The molecule has 0 bridgehead atoms. The number of rotatable bonds is 14. The quantitative estimate of drug-likeness (QED) is 0.106. The van der Waals surface area contributed by atoms with Crippen LogP contribution in [-0.2, 0) is 14.3 Å². The largest absolute Gasteiger partial charge is 0.497 e. The number of hydrogen-bond acceptors (Lipinski definition) is 8. The molecule has 0 amide bonds. The number of methoxy groups -OCH3 is 4. The van der Waals surface area contributed by atoms with Gasteiger partial charge >= 0.3 is 5.97 Å². The third-order valence-corrected chi connectivity index (χ3v) is 9.10. The fourth-order valence-electron chi connectivity index (χ4n) is 6.38. The Kier molecular flexibility index (Phi) is 11.7. The van der Waals surface area contributed by atoms with Crippen molar-refractivity contribution in [2.75, 3.05) is 38.2 Å². The van der Waals surface area contributed by atoms with Crippen molar-refractivity contribution in [2.45, 2.75) is 32.8 Å². The predicted octanol–water partition coefficient (Wildman–Crippen LogP) is 10.8. The number of carbonyl (C=O) groups is 1. The van der Waals surface area contributed by atoms with Crippen LogP contribution in [0, 0.1) is 5.92 Å². The number of allylic oxidation sites excluding steroid dienone is 2. The SMILES string of the molecule is COC1=CC=C(N(c2ccc(OC)cc2)c2ccc(-c3ccc(N(c4ccc(OC)cc4)c4ccc(OC)cc4)cc3)cc2)CC1OC(=O)CC(C)C. The molecule has 5 aromatic rings. The molecule has 0 saturated heterocycles. The number of benzene rings is 5. The summed E-state index contributed by atoms with van der Waals surface area (Å²) in [5.41, 5.74) is 8.08. The van der Waals surface area contributed by atoms with Crippen LogP contribution < -0.4 is 24.0 Å². The van der Waals surface area contributed by atoms with Crippen molar-refractivity contribution < 1.29 is 28.5 Å². The lowest BCUT2D eigenvalue weighted by Crippen LogP contribution is -2.29. The molecule has 53 heavy (non-hydrogen) atoms. The summed E-state index contributed by atoms with van der Waals surface area (Å²) in [5, 5.41) is 0. The van der Waals surface area contributed by atoms with Crippen LogP contribution in [0.3, 0.4) is 0 Å². The molecule has 0 N–H and O–H groups in total. The Morgan fingerprint density at radius 1 is 0.547 bits per heavy atom. The summed E-state index contributed by atoms with van der Waals surface area (Å²) in [5.74, 6) is 2.95.